The molecule has 0 amide bonds. The lowest BCUT2D eigenvalue weighted by molar-refractivity contribution is 0.141. The van der Waals surface area contributed by atoms with E-state index >= 15 is 0 Å². The number of methoxy groups -OCH3 is 1. The Morgan fingerprint density at radius 3 is 2.35 bits per heavy atom. The molecule has 8 nitrogen and oxygen atoms in total. The van der Waals surface area contributed by atoms with Crippen LogP contribution in [0, 0.1) is 0 Å². The summed E-state index contributed by atoms with van der Waals surface area (Å²) in [4.78, 5) is 12.4. The summed E-state index contributed by atoms with van der Waals surface area (Å²) in [6.07, 6.45) is 3.19. The average Bonchev–Trinajstić information content (AvgIpc) is 3.00. The Kier molecular flexibility index (Phi) is 8.63. The van der Waals surface area contributed by atoms with Crippen molar-refractivity contribution < 1.29 is 13.2 Å². The number of unbranched alkanes of at least 4 members (excludes halogenated alkanes) is 1. The highest BCUT2D eigenvalue weighted by Crippen LogP contribution is 2.31. The molecule has 0 saturated carbocycles. The molecule has 1 aliphatic rings. The molecule has 1 unspecified atom stereocenters. The van der Waals surface area contributed by atoms with E-state index in [9.17, 15) is 8.42 Å². The molecule has 3 aromatic carbocycles. The Labute approximate surface area is 237 Å². The van der Waals surface area contributed by atoms with Crippen molar-refractivity contribution in [2.24, 2.45) is 0 Å². The quantitative estimate of drug-likeness (QED) is 0.263. The van der Waals surface area contributed by atoms with Gasteiger partial charge < -0.3 is 10.1 Å². The van der Waals surface area contributed by atoms with Crippen LogP contribution < -0.4 is 10.1 Å². The van der Waals surface area contributed by atoms with E-state index in [1.807, 2.05) is 60.7 Å². The Morgan fingerprint density at radius 1 is 0.925 bits per heavy atom. The van der Waals surface area contributed by atoms with Gasteiger partial charge in [0.15, 0.2) is 0 Å². The van der Waals surface area contributed by atoms with Crippen LogP contribution in [-0.2, 0) is 16.4 Å². The molecule has 210 valence electrons. The molecule has 1 fully saturated rings. The van der Waals surface area contributed by atoms with Crippen LogP contribution in [0.4, 0.5) is 11.5 Å². The summed E-state index contributed by atoms with van der Waals surface area (Å²) in [6.45, 7) is 6.27. The van der Waals surface area contributed by atoms with Gasteiger partial charge in [0.25, 0.3) is 0 Å². The standard InChI is InChI=1S/C31H37N5O3S/c1-4-5-10-24-15-17-25(18-16-24)40(37,38)36-21-19-35(20-22-36)23(2)30-32-27-12-7-6-11-26(27)31(34-30)33-28-13-8-9-14-29(28)39-3/h6-9,11-18,23H,4-5,10,19-22H2,1-3H3,(H,32,33,34). The monoisotopic (exact) mass is 559 g/mol. The number of nitrogens with one attached hydrogen (secondary N) is 1. The molecule has 0 radical (unpaired) electrons. The van der Waals surface area contributed by atoms with Crippen LogP contribution in [-0.4, -0.2) is 60.9 Å². The van der Waals surface area contributed by atoms with E-state index in [0.717, 1.165) is 41.6 Å². The molecule has 0 spiro atoms. The second-order valence-electron chi connectivity index (χ2n) is 10.1. The highest BCUT2D eigenvalue weighted by atomic mass is 32.2. The molecule has 40 heavy (non-hydrogen) atoms. The SMILES string of the molecule is CCCCc1ccc(S(=O)(=O)N2CCN(C(C)c3nc(Nc4ccccc4OC)c4ccccc4n3)CC2)cc1. The van der Waals surface area contributed by atoms with Crippen molar-refractivity contribution in [3.8, 4) is 5.75 Å². The summed E-state index contributed by atoms with van der Waals surface area (Å²) in [5.74, 6) is 2.13. The molecule has 0 bridgehead atoms. The van der Waals surface area contributed by atoms with Gasteiger partial charge in [-0.15, -0.1) is 0 Å². The molecular weight excluding hydrogens is 522 g/mol. The van der Waals surface area contributed by atoms with Gasteiger partial charge >= 0.3 is 0 Å². The van der Waals surface area contributed by atoms with Crippen LogP contribution in [0.5, 0.6) is 5.75 Å². The number of hydrogen-bond donors (Lipinski definition) is 1. The van der Waals surface area contributed by atoms with Crippen LogP contribution in [0.3, 0.4) is 0 Å². The maximum atomic E-state index is 13.3. The van der Waals surface area contributed by atoms with Gasteiger partial charge in [0, 0.05) is 31.6 Å². The van der Waals surface area contributed by atoms with E-state index in [1.54, 1.807) is 23.5 Å². The fourth-order valence-electron chi connectivity index (χ4n) is 5.10. The van der Waals surface area contributed by atoms with E-state index in [4.69, 9.17) is 14.7 Å². The van der Waals surface area contributed by atoms with Gasteiger partial charge in [-0.3, -0.25) is 4.90 Å². The minimum absolute atomic E-state index is 0.0921. The van der Waals surface area contributed by atoms with Crippen molar-refractivity contribution in [3.05, 3.63) is 84.2 Å². The Balaban J connectivity index is 1.32. The third kappa shape index (κ3) is 5.96. The zero-order chi connectivity index (χ0) is 28.1. The van der Waals surface area contributed by atoms with Crippen LogP contribution in [0.25, 0.3) is 10.9 Å². The van der Waals surface area contributed by atoms with Crippen molar-refractivity contribution in [2.45, 2.75) is 44.0 Å². The fourth-order valence-corrected chi connectivity index (χ4v) is 6.53. The van der Waals surface area contributed by atoms with Gasteiger partial charge in [-0.25, -0.2) is 18.4 Å². The van der Waals surface area contributed by atoms with E-state index in [0.29, 0.717) is 42.7 Å². The summed E-state index contributed by atoms with van der Waals surface area (Å²) < 4.78 is 33.8. The van der Waals surface area contributed by atoms with E-state index in [-0.39, 0.29) is 6.04 Å². The van der Waals surface area contributed by atoms with Crippen molar-refractivity contribution in [3.63, 3.8) is 0 Å². The molecule has 1 N–H and O–H groups in total. The van der Waals surface area contributed by atoms with E-state index < -0.39 is 10.0 Å². The molecule has 4 aromatic rings. The normalized spacial score (nSPS) is 15.7. The first-order chi connectivity index (χ1) is 19.4. The third-order valence-electron chi connectivity index (χ3n) is 7.56. The third-order valence-corrected chi connectivity index (χ3v) is 9.47. The molecule has 1 aromatic heterocycles. The van der Waals surface area contributed by atoms with Gasteiger partial charge in [-0.2, -0.15) is 4.31 Å². The summed E-state index contributed by atoms with van der Waals surface area (Å²) >= 11 is 0. The summed E-state index contributed by atoms with van der Waals surface area (Å²) in [5.41, 5.74) is 2.85. The molecule has 1 atom stereocenters. The van der Waals surface area contributed by atoms with E-state index in [2.05, 4.69) is 24.1 Å². The Hall–Kier alpha value is -3.53. The summed E-state index contributed by atoms with van der Waals surface area (Å²) in [5, 5.41) is 4.36. The number of sulfonamides is 1. The second-order valence-corrected chi connectivity index (χ2v) is 12.1. The topological polar surface area (TPSA) is 87.7 Å². The number of nitrogens with zero attached hydrogens (tertiary/aromatic N) is 4. The van der Waals surface area contributed by atoms with Crippen molar-refractivity contribution in [2.75, 3.05) is 38.6 Å². The fraction of sp³-hybridized carbons (Fsp3) is 0.355. The number of para-hydroxylation sites is 3. The van der Waals surface area contributed by atoms with Crippen molar-refractivity contribution in [1.82, 2.24) is 19.2 Å². The first kappa shape index (κ1) is 28.0. The number of rotatable bonds is 10. The zero-order valence-electron chi connectivity index (χ0n) is 23.4. The number of ether oxygens (including phenoxy) is 1. The minimum atomic E-state index is -3.54. The van der Waals surface area contributed by atoms with Gasteiger partial charge in [-0.05, 0) is 61.7 Å². The number of aromatic nitrogens is 2. The van der Waals surface area contributed by atoms with Gasteiger partial charge in [0.2, 0.25) is 10.0 Å². The van der Waals surface area contributed by atoms with Crippen LogP contribution in [0.15, 0.2) is 77.7 Å². The first-order valence-corrected chi connectivity index (χ1v) is 15.3. The molecule has 5 rings (SSSR count). The Bertz CT molecular complexity index is 1550. The molecule has 1 saturated heterocycles. The predicted molar refractivity (Wildman–Crippen MR) is 160 cm³/mol. The highest BCUT2D eigenvalue weighted by molar-refractivity contribution is 7.89. The highest BCUT2D eigenvalue weighted by Gasteiger charge is 2.31. The number of hydrogen-bond acceptors (Lipinski definition) is 7. The van der Waals surface area contributed by atoms with E-state index in [1.165, 1.54) is 5.56 Å². The number of piperazine rings is 1. The number of fused-ring (bicyclic) bond motifs is 1. The second kappa shape index (κ2) is 12.3. The van der Waals surface area contributed by atoms with Crippen molar-refractivity contribution in [1.29, 1.82) is 0 Å². The van der Waals surface area contributed by atoms with Crippen LogP contribution >= 0.6 is 0 Å². The van der Waals surface area contributed by atoms with Crippen molar-refractivity contribution >= 4 is 32.4 Å². The largest absolute Gasteiger partial charge is 0.495 e. The lowest BCUT2D eigenvalue weighted by Crippen LogP contribution is -2.49. The molecule has 9 heteroatoms. The average molecular weight is 560 g/mol. The predicted octanol–water partition coefficient (Wildman–Crippen LogP) is 5.79. The first-order valence-electron chi connectivity index (χ1n) is 13.9. The molecule has 2 heterocycles. The van der Waals surface area contributed by atoms with Gasteiger partial charge in [0.05, 0.1) is 29.3 Å². The lowest BCUT2D eigenvalue weighted by Gasteiger charge is -2.37. The lowest BCUT2D eigenvalue weighted by atomic mass is 10.1. The number of benzene rings is 3. The summed E-state index contributed by atoms with van der Waals surface area (Å²) in [6, 6.07) is 22.9. The molecule has 1 aliphatic heterocycles. The van der Waals surface area contributed by atoms with Gasteiger partial charge in [-0.1, -0.05) is 49.7 Å². The smallest absolute Gasteiger partial charge is 0.243 e. The van der Waals surface area contributed by atoms with Crippen LogP contribution in [0.1, 0.15) is 44.1 Å². The molecule has 0 aliphatic carbocycles. The maximum Gasteiger partial charge on any atom is 0.243 e. The minimum Gasteiger partial charge on any atom is -0.495 e. The summed E-state index contributed by atoms with van der Waals surface area (Å²) in [7, 11) is -1.89. The number of anilines is 2. The zero-order valence-corrected chi connectivity index (χ0v) is 24.2. The number of aryl methyl sites for hydroxylation is 1. The maximum absolute atomic E-state index is 13.3. The van der Waals surface area contributed by atoms with Crippen LogP contribution in [0.2, 0.25) is 0 Å². The molecular formula is C31H37N5O3S. The Morgan fingerprint density at radius 2 is 1.62 bits per heavy atom. The van der Waals surface area contributed by atoms with Gasteiger partial charge in [0.1, 0.15) is 17.4 Å².